The summed E-state index contributed by atoms with van der Waals surface area (Å²) in [5.74, 6) is -6.25. The molecular weight excluding hydrogens is 926 g/mol. The Morgan fingerprint density at radius 2 is 1.62 bits per heavy atom. The van der Waals surface area contributed by atoms with E-state index in [1.54, 1.807) is 0 Å². The molecule has 19 nitrogen and oxygen atoms in total. The number of benzene rings is 3. The van der Waals surface area contributed by atoms with Crippen molar-refractivity contribution in [3.8, 4) is 11.5 Å². The van der Waals surface area contributed by atoms with Crippen LogP contribution in [-0.2, 0) is 38.3 Å². The minimum Gasteiger partial charge on any atom is -0.448 e. The number of rotatable bonds is 16. The lowest BCUT2D eigenvalue weighted by atomic mass is 10.0. The van der Waals surface area contributed by atoms with E-state index in [4.69, 9.17) is 35.1 Å². The van der Waals surface area contributed by atoms with E-state index in [1.807, 2.05) is 67.6 Å². The number of carbonyl (C=O) groups excluding carboxylic acids is 7. The molecule has 0 saturated carbocycles. The second-order valence-corrected chi connectivity index (χ2v) is 17.5. The molecule has 0 bridgehead atoms. The molecule has 0 spiro atoms. The van der Waals surface area contributed by atoms with Crippen LogP contribution in [-0.4, -0.2) is 96.2 Å². The highest BCUT2D eigenvalue weighted by Gasteiger charge is 2.55. The van der Waals surface area contributed by atoms with Crippen LogP contribution in [0.15, 0.2) is 110 Å². The molecule has 1 saturated heterocycles. The van der Waals surface area contributed by atoms with Gasteiger partial charge in [-0.3, -0.25) is 34.2 Å². The van der Waals surface area contributed by atoms with Crippen LogP contribution >= 0.6 is 46.5 Å². The van der Waals surface area contributed by atoms with E-state index in [0.717, 1.165) is 31.2 Å². The summed E-state index contributed by atoms with van der Waals surface area (Å²) >= 11 is 9.62. The molecule has 334 valence electrons. The van der Waals surface area contributed by atoms with Gasteiger partial charge in [0.25, 0.3) is 11.8 Å². The van der Waals surface area contributed by atoms with Crippen molar-refractivity contribution in [1.82, 2.24) is 25.4 Å². The lowest BCUT2D eigenvalue weighted by molar-refractivity contribution is -0.154. The molecule has 1 fully saturated rings. The van der Waals surface area contributed by atoms with Gasteiger partial charge in [0.1, 0.15) is 40.0 Å². The number of anilines is 1. The average Bonchev–Trinajstić information content (AvgIpc) is 3.94. The van der Waals surface area contributed by atoms with Crippen molar-refractivity contribution in [2.24, 2.45) is 5.16 Å². The van der Waals surface area contributed by atoms with Gasteiger partial charge in [-0.15, -0.1) is 33.6 Å². The number of esters is 3. The molecule has 5 aromatic rings. The Morgan fingerprint density at radius 3 is 2.25 bits per heavy atom. The SMILES string of the molecule is CC(=O)Oc1ccc(C(=O)O/N=C(\C(=O)N[C@@H]2C(=O)N3C(C(=O)OC(c4ccccc4)c4ccccc4)=C(CSc4nnc(C)s4)CS[C@@H]23)c2coc(NC(=O)CCl)n2)cc1OC(C)=O. The van der Waals surface area contributed by atoms with Crippen LogP contribution in [0.4, 0.5) is 6.01 Å². The molecule has 3 amide bonds. The van der Waals surface area contributed by atoms with Crippen LogP contribution in [0.3, 0.4) is 0 Å². The van der Waals surface area contributed by atoms with E-state index >= 15 is 0 Å². The van der Waals surface area contributed by atoms with Crippen molar-refractivity contribution in [3.63, 3.8) is 0 Å². The summed E-state index contributed by atoms with van der Waals surface area (Å²) < 4.78 is 22.3. The van der Waals surface area contributed by atoms with Gasteiger partial charge in [-0.25, -0.2) is 9.59 Å². The number of oxazole rings is 1. The second kappa shape index (κ2) is 20.7. The van der Waals surface area contributed by atoms with Crippen LogP contribution in [0.5, 0.6) is 11.5 Å². The van der Waals surface area contributed by atoms with Crippen LogP contribution in [0.2, 0.25) is 0 Å². The molecule has 2 aliphatic heterocycles. The van der Waals surface area contributed by atoms with Gasteiger partial charge < -0.3 is 28.8 Å². The number of ether oxygens (including phenoxy) is 3. The van der Waals surface area contributed by atoms with Gasteiger partial charge in [0, 0.05) is 25.4 Å². The van der Waals surface area contributed by atoms with Crippen LogP contribution < -0.4 is 20.1 Å². The first-order valence-electron chi connectivity index (χ1n) is 19.1. The van der Waals surface area contributed by atoms with Gasteiger partial charge in [-0.1, -0.05) is 88.9 Å². The molecule has 2 aliphatic rings. The zero-order valence-corrected chi connectivity index (χ0v) is 37.4. The first-order valence-corrected chi connectivity index (χ1v) is 22.5. The van der Waals surface area contributed by atoms with E-state index in [-0.39, 0.29) is 46.0 Å². The molecule has 4 heterocycles. The summed E-state index contributed by atoms with van der Waals surface area (Å²) in [5, 5.41) is 16.8. The second-order valence-electron chi connectivity index (χ2n) is 13.7. The highest BCUT2D eigenvalue weighted by atomic mass is 35.5. The molecule has 0 radical (unpaired) electrons. The normalized spacial score (nSPS) is 15.7. The first-order chi connectivity index (χ1) is 31.3. The fourth-order valence-electron chi connectivity index (χ4n) is 6.27. The molecule has 7 rings (SSSR count). The predicted molar refractivity (Wildman–Crippen MR) is 235 cm³/mol. The fourth-order valence-corrected chi connectivity index (χ4v) is 9.64. The maximum Gasteiger partial charge on any atom is 0.365 e. The minimum atomic E-state index is -1.24. The number of alkyl halides is 1. The standard InChI is InChI=1S/C42H34ClN7O12S3/c1-21-47-48-42(65-21)64-20-27-19-63-38-33(37(55)50(38)34(27)40(57)61-35(24-10-6-4-7-11-24)25-12-8-5-9-13-25)46-36(54)32(28-18-58-41(44-28)45-31(53)17-43)49-62-39(56)26-14-15-29(59-22(2)51)30(16-26)60-23(3)52/h4-16,18,33,35,38H,17,19-20H2,1-3H3,(H,46,54)(H,44,45,53)/b49-32-/t33-,38+/m1/s1. The number of amides is 3. The maximum absolute atomic E-state index is 14.5. The third-order valence-corrected chi connectivity index (χ3v) is 12.7. The lowest BCUT2D eigenvalue weighted by Crippen LogP contribution is -2.71. The molecule has 2 N–H and O–H groups in total. The minimum absolute atomic E-state index is 0.0155. The number of thioether (sulfide) groups is 2. The number of carbonyl (C=O) groups is 7. The molecule has 2 atom stereocenters. The Bertz CT molecular complexity index is 2690. The summed E-state index contributed by atoms with van der Waals surface area (Å²) in [6, 6.07) is 20.1. The van der Waals surface area contributed by atoms with Crippen molar-refractivity contribution in [2.45, 2.75) is 42.6 Å². The fraction of sp³-hybridized carbons (Fsp3) is 0.214. The highest BCUT2D eigenvalue weighted by molar-refractivity contribution is 8.01. The third kappa shape index (κ3) is 11.1. The van der Waals surface area contributed by atoms with E-state index < -0.39 is 70.7 Å². The van der Waals surface area contributed by atoms with Crippen molar-refractivity contribution in [1.29, 1.82) is 0 Å². The van der Waals surface area contributed by atoms with Gasteiger partial charge >= 0.3 is 29.9 Å². The lowest BCUT2D eigenvalue weighted by Gasteiger charge is -2.49. The van der Waals surface area contributed by atoms with E-state index in [2.05, 4.69) is 31.0 Å². The van der Waals surface area contributed by atoms with Gasteiger partial charge in [0.2, 0.25) is 5.91 Å². The molecule has 0 unspecified atom stereocenters. The van der Waals surface area contributed by atoms with Gasteiger partial charge in [0.05, 0.1) is 5.56 Å². The molecule has 3 aromatic carbocycles. The number of nitrogens with one attached hydrogen (secondary N) is 2. The zero-order valence-electron chi connectivity index (χ0n) is 34.2. The maximum atomic E-state index is 14.5. The Morgan fingerprint density at radius 1 is 0.938 bits per heavy atom. The summed E-state index contributed by atoms with van der Waals surface area (Å²) in [4.78, 5) is 102. The molecule has 0 aliphatic carbocycles. The van der Waals surface area contributed by atoms with Gasteiger partial charge in [-0.05, 0) is 41.8 Å². The third-order valence-electron chi connectivity index (χ3n) is 9.07. The van der Waals surface area contributed by atoms with Crippen molar-refractivity contribution >= 4 is 99.8 Å². The predicted octanol–water partition coefficient (Wildman–Crippen LogP) is 5.20. The number of nitrogens with zero attached hydrogens (tertiary/aromatic N) is 5. The van der Waals surface area contributed by atoms with Gasteiger partial charge in [-0.2, -0.15) is 4.98 Å². The number of hydrogen-bond acceptors (Lipinski definition) is 19. The number of fused-ring (bicyclic) bond motifs is 1. The monoisotopic (exact) mass is 959 g/mol. The van der Waals surface area contributed by atoms with Crippen molar-refractivity contribution in [3.05, 3.63) is 124 Å². The number of aromatic nitrogens is 3. The van der Waals surface area contributed by atoms with Crippen LogP contribution in [0.1, 0.15) is 52.1 Å². The topological polar surface area (TPSA) is 248 Å². The smallest absolute Gasteiger partial charge is 0.365 e. The molecular formula is C42H34ClN7O12S3. The summed E-state index contributed by atoms with van der Waals surface area (Å²) in [6.45, 7) is 4.04. The van der Waals surface area contributed by atoms with E-state index in [1.165, 1.54) is 51.9 Å². The van der Waals surface area contributed by atoms with Crippen molar-refractivity contribution < 1.29 is 57.0 Å². The molecule has 2 aromatic heterocycles. The Labute approximate surface area is 386 Å². The van der Waals surface area contributed by atoms with Crippen LogP contribution in [0, 0.1) is 6.92 Å². The number of aryl methyl sites for hydroxylation is 1. The Balaban J connectivity index is 1.16. The van der Waals surface area contributed by atoms with Gasteiger partial charge in [0.15, 0.2) is 27.7 Å². The van der Waals surface area contributed by atoms with E-state index in [9.17, 15) is 33.6 Å². The Hall–Kier alpha value is -6.88. The number of halogens is 1. The van der Waals surface area contributed by atoms with Crippen LogP contribution in [0.25, 0.3) is 0 Å². The molecule has 65 heavy (non-hydrogen) atoms. The molecule has 23 heteroatoms. The zero-order chi connectivity index (χ0) is 46.2. The summed E-state index contributed by atoms with van der Waals surface area (Å²) in [7, 11) is 0. The summed E-state index contributed by atoms with van der Waals surface area (Å²) in [6.07, 6.45) is 0.101. The van der Waals surface area contributed by atoms with E-state index in [0.29, 0.717) is 21.0 Å². The number of hydrogen-bond donors (Lipinski definition) is 2. The summed E-state index contributed by atoms with van der Waals surface area (Å²) in [5.41, 5.74) is 0.741. The largest absolute Gasteiger partial charge is 0.448 e. The quantitative estimate of drug-likeness (QED) is 0.0188. The average molecular weight is 960 g/mol. The first kappa shape index (κ1) is 46.1. The number of β-lactam (4-membered cyclic amide) rings is 1. The Kier molecular flexibility index (Phi) is 14.7. The number of oxime groups is 1. The highest BCUT2D eigenvalue weighted by Crippen LogP contribution is 2.43. The van der Waals surface area contributed by atoms with Crippen molar-refractivity contribution in [2.75, 3.05) is 22.7 Å².